The van der Waals surface area contributed by atoms with Crippen LogP contribution in [0.2, 0.25) is 0 Å². The van der Waals surface area contributed by atoms with Crippen molar-refractivity contribution in [2.75, 3.05) is 50.1 Å². The summed E-state index contributed by atoms with van der Waals surface area (Å²) in [5.41, 5.74) is 1.36. The van der Waals surface area contributed by atoms with Gasteiger partial charge in [-0.25, -0.2) is 18.7 Å². The molecule has 2 saturated heterocycles. The Kier molecular flexibility index (Phi) is 6.06. The van der Waals surface area contributed by atoms with Crippen LogP contribution in [0.5, 0.6) is 5.75 Å². The van der Waals surface area contributed by atoms with Crippen molar-refractivity contribution in [2.45, 2.75) is 31.3 Å². The Morgan fingerprint density at radius 1 is 1.00 bits per heavy atom. The number of carbonyl (C=O) groups excluding carboxylic acids is 2. The Labute approximate surface area is 202 Å². The predicted octanol–water partition coefficient (Wildman–Crippen LogP) is 2.89. The van der Waals surface area contributed by atoms with Crippen molar-refractivity contribution in [3.8, 4) is 5.75 Å². The number of halogens is 2. The molecular weight excluding hydrogens is 456 g/mol. The fourth-order valence-electron chi connectivity index (χ4n) is 4.84. The first kappa shape index (κ1) is 23.4. The van der Waals surface area contributed by atoms with Crippen molar-refractivity contribution >= 4 is 23.3 Å². The number of amides is 1. The first-order valence-corrected chi connectivity index (χ1v) is 11.9. The lowest BCUT2D eigenvalue weighted by atomic mass is 9.77. The summed E-state index contributed by atoms with van der Waals surface area (Å²) in [4.78, 5) is 39.1. The average Bonchev–Trinajstić information content (AvgIpc) is 3.25. The minimum Gasteiger partial charge on any atom is -0.489 e. The summed E-state index contributed by atoms with van der Waals surface area (Å²) < 4.78 is 32.2. The number of rotatable bonds is 7. The topological polar surface area (TPSA) is 78.9 Å². The lowest BCUT2D eigenvalue weighted by molar-refractivity contribution is -0.133. The summed E-state index contributed by atoms with van der Waals surface area (Å²) in [5, 5.41) is 0. The molecule has 3 aliphatic rings. The molecule has 0 bridgehead atoms. The van der Waals surface area contributed by atoms with Gasteiger partial charge in [-0.2, -0.15) is 0 Å². The fourth-order valence-corrected chi connectivity index (χ4v) is 4.84. The SMILES string of the molecule is CN(C)C(=O)C1CN(c2ncc(N3CC[C@@H](Oc4ccc(C(=O)C5CC(F)(F)C5)cc4)C3)cn2)C1. The van der Waals surface area contributed by atoms with Crippen LogP contribution in [0, 0.1) is 11.8 Å². The van der Waals surface area contributed by atoms with Crippen LogP contribution in [0.15, 0.2) is 36.7 Å². The van der Waals surface area contributed by atoms with Gasteiger partial charge in [0.2, 0.25) is 17.8 Å². The van der Waals surface area contributed by atoms with Crippen LogP contribution in [0.1, 0.15) is 29.6 Å². The normalized spacial score (nSPS) is 21.9. The maximum Gasteiger partial charge on any atom is 0.249 e. The molecule has 1 aromatic heterocycles. The highest BCUT2D eigenvalue weighted by atomic mass is 19.3. The molecule has 1 amide bonds. The molecule has 2 aliphatic heterocycles. The molecule has 1 atom stereocenters. The van der Waals surface area contributed by atoms with Gasteiger partial charge in [0.1, 0.15) is 11.9 Å². The zero-order chi connectivity index (χ0) is 24.7. The fraction of sp³-hybridized carbons (Fsp3) is 0.520. The van der Waals surface area contributed by atoms with Crippen LogP contribution < -0.4 is 14.5 Å². The Morgan fingerprint density at radius 3 is 2.26 bits per heavy atom. The molecule has 5 rings (SSSR count). The molecular formula is C25H29F2N5O3. The van der Waals surface area contributed by atoms with E-state index in [0.29, 0.717) is 36.9 Å². The van der Waals surface area contributed by atoms with E-state index in [2.05, 4.69) is 14.9 Å². The first-order valence-electron chi connectivity index (χ1n) is 11.9. The van der Waals surface area contributed by atoms with E-state index in [0.717, 1.165) is 18.7 Å². The highest BCUT2D eigenvalue weighted by Crippen LogP contribution is 2.43. The molecule has 1 aliphatic carbocycles. The quantitative estimate of drug-likeness (QED) is 0.558. The number of ketones is 1. The summed E-state index contributed by atoms with van der Waals surface area (Å²) >= 11 is 0. The molecule has 3 fully saturated rings. The lowest BCUT2D eigenvalue weighted by Crippen LogP contribution is -2.54. The van der Waals surface area contributed by atoms with E-state index in [9.17, 15) is 18.4 Å². The van der Waals surface area contributed by atoms with E-state index in [1.165, 1.54) is 0 Å². The zero-order valence-electron chi connectivity index (χ0n) is 19.9. The van der Waals surface area contributed by atoms with E-state index in [1.54, 1.807) is 55.7 Å². The summed E-state index contributed by atoms with van der Waals surface area (Å²) in [7, 11) is 3.53. The average molecular weight is 486 g/mol. The van der Waals surface area contributed by atoms with Gasteiger partial charge in [0, 0.05) is 64.5 Å². The third-order valence-corrected chi connectivity index (χ3v) is 6.99. The number of nitrogens with zero attached hydrogens (tertiary/aromatic N) is 5. The van der Waals surface area contributed by atoms with Crippen molar-refractivity contribution < 1.29 is 23.1 Å². The maximum atomic E-state index is 13.0. The summed E-state index contributed by atoms with van der Waals surface area (Å²) in [5.74, 6) is -2.10. The van der Waals surface area contributed by atoms with Crippen LogP contribution in [0.25, 0.3) is 0 Å². The van der Waals surface area contributed by atoms with Crippen LogP contribution in [0.4, 0.5) is 20.4 Å². The molecule has 8 nitrogen and oxygen atoms in total. The second-order valence-electron chi connectivity index (χ2n) is 9.90. The van der Waals surface area contributed by atoms with E-state index in [-0.39, 0.29) is 36.6 Å². The van der Waals surface area contributed by atoms with E-state index in [4.69, 9.17) is 4.74 Å². The molecule has 0 unspecified atom stereocenters. The number of hydrogen-bond acceptors (Lipinski definition) is 7. The zero-order valence-corrected chi connectivity index (χ0v) is 19.9. The number of Topliss-reactive ketones (excluding diaryl/α,β-unsaturated/α-hetero) is 1. The maximum absolute atomic E-state index is 13.0. The first-order chi connectivity index (χ1) is 16.7. The predicted molar refractivity (Wildman–Crippen MR) is 126 cm³/mol. The van der Waals surface area contributed by atoms with Gasteiger partial charge >= 0.3 is 0 Å². The van der Waals surface area contributed by atoms with Gasteiger partial charge in [0.05, 0.1) is 30.5 Å². The minimum atomic E-state index is -2.70. The van der Waals surface area contributed by atoms with Gasteiger partial charge in [0.25, 0.3) is 0 Å². The summed E-state index contributed by atoms with van der Waals surface area (Å²) in [6.45, 7) is 2.76. The van der Waals surface area contributed by atoms with Crippen molar-refractivity contribution in [1.82, 2.24) is 14.9 Å². The molecule has 0 N–H and O–H groups in total. The second kappa shape index (κ2) is 9.05. The Morgan fingerprint density at radius 2 is 1.66 bits per heavy atom. The third-order valence-electron chi connectivity index (χ3n) is 6.99. The number of hydrogen-bond donors (Lipinski definition) is 0. The highest BCUT2D eigenvalue weighted by molar-refractivity contribution is 5.98. The van der Waals surface area contributed by atoms with Crippen molar-refractivity contribution in [3.63, 3.8) is 0 Å². The standard InChI is InChI=1S/C25H29F2N5O3/c1-30(2)23(34)18-13-32(14-18)24-28-11-19(12-29-24)31-8-7-21(15-31)35-20-5-3-16(4-6-20)22(33)17-9-25(26,27)10-17/h3-6,11-12,17-18,21H,7-10,13-15H2,1-2H3/t21-/m1/s1. The van der Waals surface area contributed by atoms with Crippen LogP contribution in [0.3, 0.4) is 0 Å². The molecule has 0 spiro atoms. The van der Waals surface area contributed by atoms with Crippen molar-refractivity contribution in [1.29, 1.82) is 0 Å². The van der Waals surface area contributed by atoms with Crippen LogP contribution in [-0.4, -0.2) is 78.9 Å². The largest absolute Gasteiger partial charge is 0.489 e. The van der Waals surface area contributed by atoms with E-state index < -0.39 is 11.8 Å². The molecule has 2 aromatic rings. The smallest absolute Gasteiger partial charge is 0.249 e. The number of carbonyl (C=O) groups is 2. The van der Waals surface area contributed by atoms with E-state index >= 15 is 0 Å². The van der Waals surface area contributed by atoms with Gasteiger partial charge in [-0.1, -0.05) is 0 Å². The molecule has 0 radical (unpaired) electrons. The van der Waals surface area contributed by atoms with Crippen LogP contribution >= 0.6 is 0 Å². The van der Waals surface area contributed by atoms with Crippen molar-refractivity contribution in [2.24, 2.45) is 11.8 Å². The third kappa shape index (κ3) is 4.92. The molecule has 35 heavy (non-hydrogen) atoms. The number of benzene rings is 1. The van der Waals surface area contributed by atoms with E-state index in [1.807, 2.05) is 4.90 Å². The number of alkyl halides is 2. The van der Waals surface area contributed by atoms with Gasteiger partial charge < -0.3 is 19.4 Å². The van der Waals surface area contributed by atoms with Gasteiger partial charge in [-0.05, 0) is 24.3 Å². The number of aromatic nitrogens is 2. The van der Waals surface area contributed by atoms with Crippen LogP contribution in [-0.2, 0) is 4.79 Å². The number of ether oxygens (including phenoxy) is 1. The van der Waals surface area contributed by atoms with Gasteiger partial charge in [0.15, 0.2) is 5.78 Å². The van der Waals surface area contributed by atoms with Gasteiger partial charge in [-0.3, -0.25) is 9.59 Å². The summed E-state index contributed by atoms with van der Waals surface area (Å²) in [6, 6.07) is 6.76. The Balaban J connectivity index is 1.10. The molecule has 1 saturated carbocycles. The molecule has 1 aromatic carbocycles. The minimum absolute atomic E-state index is 0.0000856. The van der Waals surface area contributed by atoms with Gasteiger partial charge in [-0.15, -0.1) is 0 Å². The Bertz CT molecular complexity index is 1080. The number of anilines is 2. The highest BCUT2D eigenvalue weighted by Gasteiger charge is 2.48. The molecule has 186 valence electrons. The molecule has 3 heterocycles. The summed E-state index contributed by atoms with van der Waals surface area (Å²) in [6.07, 6.45) is 3.70. The lowest BCUT2D eigenvalue weighted by Gasteiger charge is -2.39. The second-order valence-corrected chi connectivity index (χ2v) is 9.90. The molecule has 10 heteroatoms. The van der Waals surface area contributed by atoms with Crippen molar-refractivity contribution in [3.05, 3.63) is 42.2 Å². The monoisotopic (exact) mass is 485 g/mol. The Hall–Kier alpha value is -3.30.